The van der Waals surface area contributed by atoms with E-state index in [9.17, 15) is 9.18 Å². The Labute approximate surface area is 173 Å². The summed E-state index contributed by atoms with van der Waals surface area (Å²) < 4.78 is 15.9. The van der Waals surface area contributed by atoms with Crippen LogP contribution in [0.1, 0.15) is 0 Å². The van der Waals surface area contributed by atoms with E-state index in [1.807, 2.05) is 65.6 Å². The first-order chi connectivity index (χ1) is 14.7. The zero-order valence-corrected chi connectivity index (χ0v) is 16.4. The van der Waals surface area contributed by atoms with Gasteiger partial charge in [0.2, 0.25) is 5.95 Å². The lowest BCUT2D eigenvalue weighted by Crippen LogP contribution is -2.48. The average Bonchev–Trinajstić information content (AvgIpc) is 2.80. The molecule has 30 heavy (non-hydrogen) atoms. The van der Waals surface area contributed by atoms with Crippen LogP contribution in [0.3, 0.4) is 0 Å². The molecule has 0 unspecified atom stereocenters. The summed E-state index contributed by atoms with van der Waals surface area (Å²) in [4.78, 5) is 22.4. The molecule has 4 aromatic rings. The molecule has 5 nitrogen and oxygen atoms in total. The standard InChI is InChI=1S/C24H21FN4O/c25-20-11-5-7-13-22(20)27-14-16-28(17-15-27)24-26-21-12-6-4-10-19(21)23(30)29(24)18-8-2-1-3-9-18/h1-13H,14-17H2. The summed E-state index contributed by atoms with van der Waals surface area (Å²) in [6, 6.07) is 23.8. The van der Waals surface area contributed by atoms with E-state index in [4.69, 9.17) is 4.98 Å². The van der Waals surface area contributed by atoms with E-state index in [2.05, 4.69) is 4.90 Å². The number of para-hydroxylation sites is 3. The largest absolute Gasteiger partial charge is 0.366 e. The Morgan fingerprint density at radius 2 is 1.37 bits per heavy atom. The number of halogens is 1. The van der Waals surface area contributed by atoms with Crippen molar-refractivity contribution in [3.8, 4) is 5.69 Å². The van der Waals surface area contributed by atoms with Gasteiger partial charge in [-0.15, -0.1) is 0 Å². The smallest absolute Gasteiger partial charge is 0.267 e. The van der Waals surface area contributed by atoms with Gasteiger partial charge in [0.05, 0.1) is 22.3 Å². The number of fused-ring (bicyclic) bond motifs is 1. The summed E-state index contributed by atoms with van der Waals surface area (Å²) in [5, 5.41) is 0.593. The predicted molar refractivity (Wildman–Crippen MR) is 118 cm³/mol. The van der Waals surface area contributed by atoms with E-state index in [0.717, 1.165) is 5.69 Å². The maximum Gasteiger partial charge on any atom is 0.267 e. The summed E-state index contributed by atoms with van der Waals surface area (Å²) in [5.41, 5.74) is 2.00. The fourth-order valence-corrected chi connectivity index (χ4v) is 4.00. The molecule has 0 aliphatic carbocycles. The van der Waals surface area contributed by atoms with E-state index in [1.54, 1.807) is 16.7 Å². The third-order valence-electron chi connectivity index (χ3n) is 5.53. The fourth-order valence-electron chi connectivity index (χ4n) is 4.00. The Morgan fingerprint density at radius 3 is 2.13 bits per heavy atom. The van der Waals surface area contributed by atoms with Crippen LogP contribution < -0.4 is 15.4 Å². The molecule has 0 amide bonds. The van der Waals surface area contributed by atoms with Crippen LogP contribution in [0.15, 0.2) is 83.7 Å². The Hall–Kier alpha value is -3.67. The number of benzene rings is 3. The molecule has 0 radical (unpaired) electrons. The number of nitrogens with zero attached hydrogens (tertiary/aromatic N) is 4. The van der Waals surface area contributed by atoms with Crippen LogP contribution in [0.2, 0.25) is 0 Å². The molecule has 2 heterocycles. The molecule has 3 aromatic carbocycles. The van der Waals surface area contributed by atoms with E-state index in [1.165, 1.54) is 6.07 Å². The molecule has 1 fully saturated rings. The molecular weight excluding hydrogens is 379 g/mol. The van der Waals surface area contributed by atoms with Crippen LogP contribution in [-0.4, -0.2) is 35.7 Å². The molecule has 0 N–H and O–H groups in total. The monoisotopic (exact) mass is 400 g/mol. The van der Waals surface area contributed by atoms with E-state index >= 15 is 0 Å². The Kier molecular flexibility index (Phi) is 4.67. The van der Waals surface area contributed by atoms with Crippen LogP contribution in [0.4, 0.5) is 16.0 Å². The van der Waals surface area contributed by atoms with Crippen molar-refractivity contribution in [2.45, 2.75) is 0 Å². The van der Waals surface area contributed by atoms with E-state index in [-0.39, 0.29) is 11.4 Å². The molecule has 0 bridgehead atoms. The summed E-state index contributed by atoms with van der Waals surface area (Å²) in [6.07, 6.45) is 0. The van der Waals surface area contributed by atoms with Crippen molar-refractivity contribution < 1.29 is 4.39 Å². The number of rotatable bonds is 3. The van der Waals surface area contributed by atoms with Crippen molar-refractivity contribution in [1.29, 1.82) is 0 Å². The lowest BCUT2D eigenvalue weighted by atomic mass is 10.2. The molecule has 6 heteroatoms. The highest BCUT2D eigenvalue weighted by Crippen LogP contribution is 2.24. The fraction of sp³-hybridized carbons (Fsp3) is 0.167. The highest BCUT2D eigenvalue weighted by Gasteiger charge is 2.24. The molecule has 150 valence electrons. The summed E-state index contributed by atoms with van der Waals surface area (Å²) in [7, 11) is 0. The summed E-state index contributed by atoms with van der Waals surface area (Å²) in [6.45, 7) is 2.59. The van der Waals surface area contributed by atoms with Gasteiger partial charge in [0.25, 0.3) is 5.56 Å². The molecule has 0 spiro atoms. The molecular formula is C24H21FN4O. The predicted octanol–water partition coefficient (Wildman–Crippen LogP) is 3.85. The number of anilines is 2. The van der Waals surface area contributed by atoms with Crippen molar-refractivity contribution in [3.05, 3.63) is 95.0 Å². The van der Waals surface area contributed by atoms with Crippen LogP contribution in [-0.2, 0) is 0 Å². The van der Waals surface area contributed by atoms with Crippen molar-refractivity contribution in [2.75, 3.05) is 36.0 Å². The normalized spacial score (nSPS) is 14.3. The molecule has 1 aromatic heterocycles. The van der Waals surface area contributed by atoms with Crippen LogP contribution in [0.5, 0.6) is 0 Å². The third kappa shape index (κ3) is 3.20. The molecule has 5 rings (SSSR count). The number of hydrogen-bond donors (Lipinski definition) is 0. The van der Waals surface area contributed by atoms with Crippen molar-refractivity contribution in [2.24, 2.45) is 0 Å². The van der Waals surface area contributed by atoms with Crippen molar-refractivity contribution in [1.82, 2.24) is 9.55 Å². The average molecular weight is 400 g/mol. The minimum absolute atomic E-state index is 0.0849. The first-order valence-electron chi connectivity index (χ1n) is 10.0. The molecule has 1 aliphatic rings. The van der Waals surface area contributed by atoms with Gasteiger partial charge in [-0.05, 0) is 36.4 Å². The number of aromatic nitrogens is 2. The Bertz CT molecular complexity index is 1250. The molecule has 0 saturated carbocycles. The van der Waals surface area contributed by atoms with Crippen LogP contribution >= 0.6 is 0 Å². The van der Waals surface area contributed by atoms with Crippen molar-refractivity contribution in [3.63, 3.8) is 0 Å². The van der Waals surface area contributed by atoms with E-state index < -0.39 is 0 Å². The second kappa shape index (κ2) is 7.63. The van der Waals surface area contributed by atoms with E-state index in [0.29, 0.717) is 48.7 Å². The van der Waals surface area contributed by atoms with Gasteiger partial charge >= 0.3 is 0 Å². The Morgan fingerprint density at radius 1 is 0.733 bits per heavy atom. The first-order valence-corrected chi connectivity index (χ1v) is 10.0. The zero-order chi connectivity index (χ0) is 20.5. The lowest BCUT2D eigenvalue weighted by Gasteiger charge is -2.37. The van der Waals surface area contributed by atoms with Crippen LogP contribution in [0.25, 0.3) is 16.6 Å². The van der Waals surface area contributed by atoms with Crippen LogP contribution in [0, 0.1) is 5.82 Å². The topological polar surface area (TPSA) is 41.4 Å². The maximum absolute atomic E-state index is 14.2. The van der Waals surface area contributed by atoms with Gasteiger partial charge in [-0.1, -0.05) is 42.5 Å². The molecule has 0 atom stereocenters. The first kappa shape index (κ1) is 18.4. The molecule has 1 saturated heterocycles. The van der Waals surface area contributed by atoms with Gasteiger partial charge in [0.1, 0.15) is 5.82 Å². The maximum atomic E-state index is 14.2. The van der Waals surface area contributed by atoms with Gasteiger partial charge < -0.3 is 9.80 Å². The summed E-state index contributed by atoms with van der Waals surface area (Å²) in [5.74, 6) is 0.411. The second-order valence-electron chi connectivity index (χ2n) is 7.33. The van der Waals surface area contributed by atoms with Crippen molar-refractivity contribution >= 4 is 22.5 Å². The van der Waals surface area contributed by atoms with Gasteiger partial charge in [0, 0.05) is 26.2 Å². The Balaban J connectivity index is 1.55. The zero-order valence-electron chi connectivity index (χ0n) is 16.4. The van der Waals surface area contributed by atoms with Gasteiger partial charge in [-0.3, -0.25) is 4.79 Å². The highest BCUT2D eigenvalue weighted by molar-refractivity contribution is 5.79. The third-order valence-corrected chi connectivity index (χ3v) is 5.53. The quantitative estimate of drug-likeness (QED) is 0.524. The number of hydrogen-bond acceptors (Lipinski definition) is 4. The SMILES string of the molecule is O=c1c2ccccc2nc(N2CCN(c3ccccc3F)CC2)n1-c1ccccc1. The van der Waals surface area contributed by atoms with Gasteiger partial charge in [0.15, 0.2) is 0 Å². The second-order valence-corrected chi connectivity index (χ2v) is 7.33. The van der Waals surface area contributed by atoms with Gasteiger partial charge in [-0.25, -0.2) is 13.9 Å². The minimum Gasteiger partial charge on any atom is -0.366 e. The number of piperazine rings is 1. The minimum atomic E-state index is -0.212. The lowest BCUT2D eigenvalue weighted by molar-refractivity contribution is 0.591. The highest BCUT2D eigenvalue weighted by atomic mass is 19.1. The summed E-state index contributed by atoms with van der Waals surface area (Å²) >= 11 is 0. The molecule has 1 aliphatic heterocycles. The van der Waals surface area contributed by atoms with Gasteiger partial charge in [-0.2, -0.15) is 0 Å².